The smallest absolute Gasteiger partial charge is 0.251 e. The summed E-state index contributed by atoms with van der Waals surface area (Å²) >= 11 is 0. The van der Waals surface area contributed by atoms with E-state index in [0.717, 1.165) is 12.8 Å². The molecule has 2 amide bonds. The Kier molecular flexibility index (Phi) is 5.55. The van der Waals surface area contributed by atoms with Crippen LogP contribution in [0.1, 0.15) is 48.5 Å². The van der Waals surface area contributed by atoms with Crippen LogP contribution in [0.3, 0.4) is 0 Å². The molecule has 1 saturated carbocycles. The minimum absolute atomic E-state index is 0.184. The molecule has 2 atom stereocenters. The predicted octanol–water partition coefficient (Wildman–Crippen LogP) is 1.88. The van der Waals surface area contributed by atoms with Gasteiger partial charge < -0.3 is 10.6 Å². The minimum atomic E-state index is -0.825. The number of hydrogen-bond acceptors (Lipinski definition) is 4. The Hall–Kier alpha value is -2.86. The van der Waals surface area contributed by atoms with Crippen molar-refractivity contribution in [3.8, 4) is 12.1 Å². The van der Waals surface area contributed by atoms with Gasteiger partial charge in [-0.2, -0.15) is 10.5 Å². The van der Waals surface area contributed by atoms with Gasteiger partial charge in [0.25, 0.3) is 5.91 Å². The van der Waals surface area contributed by atoms with Crippen molar-refractivity contribution < 1.29 is 9.59 Å². The molecule has 6 nitrogen and oxygen atoms in total. The zero-order valence-corrected chi connectivity index (χ0v) is 13.6. The van der Waals surface area contributed by atoms with Gasteiger partial charge in [0, 0.05) is 5.56 Å². The maximum atomic E-state index is 12.1. The molecule has 0 heterocycles. The van der Waals surface area contributed by atoms with Crippen LogP contribution in [0, 0.1) is 28.6 Å². The second-order valence-corrected chi connectivity index (χ2v) is 6.32. The van der Waals surface area contributed by atoms with E-state index >= 15 is 0 Å². The molecule has 1 fully saturated rings. The van der Waals surface area contributed by atoms with E-state index in [9.17, 15) is 14.9 Å². The van der Waals surface area contributed by atoms with Crippen molar-refractivity contribution in [3.63, 3.8) is 0 Å². The van der Waals surface area contributed by atoms with Gasteiger partial charge in [-0.1, -0.05) is 13.3 Å². The Balaban J connectivity index is 1.89. The van der Waals surface area contributed by atoms with Crippen molar-refractivity contribution in [2.45, 2.75) is 38.1 Å². The minimum Gasteiger partial charge on any atom is -0.343 e. The van der Waals surface area contributed by atoms with E-state index in [1.54, 1.807) is 12.1 Å². The van der Waals surface area contributed by atoms with Crippen molar-refractivity contribution in [2.75, 3.05) is 6.54 Å². The molecule has 6 heteroatoms. The maximum Gasteiger partial charge on any atom is 0.251 e. The molecule has 0 saturated heterocycles. The molecule has 124 valence electrons. The van der Waals surface area contributed by atoms with E-state index in [0.29, 0.717) is 29.9 Å². The molecule has 2 N–H and O–H groups in total. The van der Waals surface area contributed by atoms with Crippen LogP contribution in [0.5, 0.6) is 0 Å². The summed E-state index contributed by atoms with van der Waals surface area (Å²) < 4.78 is 0. The second kappa shape index (κ2) is 7.61. The average Bonchev–Trinajstić information content (AvgIpc) is 2.59. The molecular formula is C18H20N4O2. The highest BCUT2D eigenvalue weighted by Crippen LogP contribution is 2.31. The van der Waals surface area contributed by atoms with E-state index in [2.05, 4.69) is 23.6 Å². The fourth-order valence-electron chi connectivity index (χ4n) is 3.06. The fourth-order valence-corrected chi connectivity index (χ4v) is 3.06. The standard InChI is InChI=1S/C18H20N4O2/c1-13-3-2-8-18(9-13,12-20)22-16(23)11-21-17(24)15-6-4-14(10-19)5-7-15/h4-7,13H,2-3,8-9,11H2,1H3,(H,21,24)(H,22,23)/t13-,18-/m0/s1. The van der Waals surface area contributed by atoms with Crippen molar-refractivity contribution in [1.82, 2.24) is 10.6 Å². The molecule has 1 aromatic carbocycles. The van der Waals surface area contributed by atoms with Gasteiger partial charge in [0.15, 0.2) is 0 Å². The third kappa shape index (κ3) is 4.33. The molecule has 0 aliphatic heterocycles. The van der Waals surface area contributed by atoms with Crippen LogP contribution < -0.4 is 10.6 Å². The normalized spacial score (nSPS) is 22.7. The number of carbonyl (C=O) groups excluding carboxylic acids is 2. The van der Waals surface area contributed by atoms with E-state index in [1.165, 1.54) is 12.1 Å². The molecule has 0 radical (unpaired) electrons. The molecule has 1 aliphatic carbocycles. The van der Waals surface area contributed by atoms with Gasteiger partial charge in [-0.3, -0.25) is 9.59 Å². The van der Waals surface area contributed by atoms with Crippen molar-refractivity contribution in [3.05, 3.63) is 35.4 Å². The summed E-state index contributed by atoms with van der Waals surface area (Å²) in [6, 6.07) is 10.4. The number of nitrogens with zero attached hydrogens (tertiary/aromatic N) is 2. The largest absolute Gasteiger partial charge is 0.343 e. The topological polar surface area (TPSA) is 106 Å². The van der Waals surface area contributed by atoms with E-state index in [1.807, 2.05) is 6.07 Å². The van der Waals surface area contributed by atoms with Gasteiger partial charge in [-0.15, -0.1) is 0 Å². The summed E-state index contributed by atoms with van der Waals surface area (Å²) in [5.41, 5.74) is 0.0169. The quantitative estimate of drug-likeness (QED) is 0.882. The lowest BCUT2D eigenvalue weighted by molar-refractivity contribution is -0.121. The van der Waals surface area contributed by atoms with Crippen LogP contribution in [0.2, 0.25) is 0 Å². The Morgan fingerprint density at radius 2 is 2.00 bits per heavy atom. The summed E-state index contributed by atoms with van der Waals surface area (Å²) in [6.07, 6.45) is 3.25. The SMILES string of the molecule is C[C@H]1CCC[C@](C#N)(NC(=O)CNC(=O)c2ccc(C#N)cc2)C1. The molecule has 0 aromatic heterocycles. The molecule has 1 aliphatic rings. The first-order valence-corrected chi connectivity index (χ1v) is 7.98. The van der Waals surface area contributed by atoms with E-state index < -0.39 is 11.4 Å². The number of nitriles is 2. The van der Waals surface area contributed by atoms with Crippen LogP contribution in [0.4, 0.5) is 0 Å². The van der Waals surface area contributed by atoms with Crippen molar-refractivity contribution in [2.24, 2.45) is 5.92 Å². The second-order valence-electron chi connectivity index (χ2n) is 6.32. The van der Waals surface area contributed by atoms with Gasteiger partial charge in [-0.05, 0) is 49.4 Å². The van der Waals surface area contributed by atoms with Gasteiger partial charge in [0.05, 0.1) is 24.2 Å². The lowest BCUT2D eigenvalue weighted by Gasteiger charge is -2.35. The van der Waals surface area contributed by atoms with Gasteiger partial charge in [0.1, 0.15) is 5.54 Å². The molecule has 0 bridgehead atoms. The molecule has 0 spiro atoms. The maximum absolute atomic E-state index is 12.1. The zero-order valence-electron chi connectivity index (χ0n) is 13.6. The van der Waals surface area contributed by atoms with Gasteiger partial charge in [0.2, 0.25) is 5.91 Å². The summed E-state index contributed by atoms with van der Waals surface area (Å²) in [6.45, 7) is 1.89. The lowest BCUT2D eigenvalue weighted by atomic mass is 9.77. The van der Waals surface area contributed by atoms with Crippen LogP contribution in [0.15, 0.2) is 24.3 Å². The van der Waals surface area contributed by atoms with E-state index in [-0.39, 0.29) is 12.5 Å². The summed E-state index contributed by atoms with van der Waals surface area (Å²) in [4.78, 5) is 24.1. The first kappa shape index (κ1) is 17.5. The highest BCUT2D eigenvalue weighted by molar-refractivity contribution is 5.96. The summed E-state index contributed by atoms with van der Waals surface area (Å²) in [5, 5.41) is 23.5. The third-order valence-electron chi connectivity index (χ3n) is 4.28. The summed E-state index contributed by atoms with van der Waals surface area (Å²) in [5.74, 6) is -0.364. The number of benzene rings is 1. The number of hydrogen-bond donors (Lipinski definition) is 2. The Bertz CT molecular complexity index is 699. The van der Waals surface area contributed by atoms with Crippen LogP contribution >= 0.6 is 0 Å². The lowest BCUT2D eigenvalue weighted by Crippen LogP contribution is -2.52. The van der Waals surface area contributed by atoms with Crippen LogP contribution in [-0.2, 0) is 4.79 Å². The molecular weight excluding hydrogens is 304 g/mol. The third-order valence-corrected chi connectivity index (χ3v) is 4.28. The van der Waals surface area contributed by atoms with Crippen LogP contribution in [-0.4, -0.2) is 23.9 Å². The number of rotatable bonds is 4. The first-order valence-electron chi connectivity index (χ1n) is 7.98. The Labute approximate surface area is 141 Å². The fraction of sp³-hybridized carbons (Fsp3) is 0.444. The predicted molar refractivity (Wildman–Crippen MR) is 87.6 cm³/mol. The molecule has 2 rings (SSSR count). The average molecular weight is 324 g/mol. The monoisotopic (exact) mass is 324 g/mol. The summed E-state index contributed by atoms with van der Waals surface area (Å²) in [7, 11) is 0. The van der Waals surface area contributed by atoms with Crippen molar-refractivity contribution in [1.29, 1.82) is 10.5 Å². The number of nitrogens with one attached hydrogen (secondary N) is 2. The first-order chi connectivity index (χ1) is 11.5. The number of carbonyl (C=O) groups is 2. The molecule has 1 aromatic rings. The highest BCUT2D eigenvalue weighted by Gasteiger charge is 2.36. The van der Waals surface area contributed by atoms with Gasteiger partial charge >= 0.3 is 0 Å². The molecule has 0 unspecified atom stereocenters. The van der Waals surface area contributed by atoms with Crippen LogP contribution in [0.25, 0.3) is 0 Å². The number of amides is 2. The van der Waals surface area contributed by atoms with Crippen molar-refractivity contribution >= 4 is 11.8 Å². The Morgan fingerprint density at radius 1 is 1.29 bits per heavy atom. The molecule has 24 heavy (non-hydrogen) atoms. The zero-order chi connectivity index (χ0) is 17.6. The van der Waals surface area contributed by atoms with Gasteiger partial charge in [-0.25, -0.2) is 0 Å². The Morgan fingerprint density at radius 3 is 2.58 bits per heavy atom. The highest BCUT2D eigenvalue weighted by atomic mass is 16.2. The van der Waals surface area contributed by atoms with E-state index in [4.69, 9.17) is 5.26 Å².